The zero-order chi connectivity index (χ0) is 23.7. The van der Waals surface area contributed by atoms with Gasteiger partial charge in [-0.25, -0.2) is 4.98 Å². The van der Waals surface area contributed by atoms with Gasteiger partial charge in [-0.15, -0.1) is 11.3 Å². The van der Waals surface area contributed by atoms with E-state index in [0.717, 1.165) is 22.5 Å². The Kier molecular flexibility index (Phi) is 6.31. The topological polar surface area (TPSA) is 93.1 Å². The highest BCUT2D eigenvalue weighted by Crippen LogP contribution is 2.28. The fourth-order valence-corrected chi connectivity index (χ4v) is 4.77. The molecule has 168 valence electrons. The van der Waals surface area contributed by atoms with Crippen LogP contribution in [0, 0.1) is 20.8 Å². The van der Waals surface area contributed by atoms with Crippen molar-refractivity contribution in [1.82, 2.24) is 9.55 Å². The summed E-state index contributed by atoms with van der Waals surface area (Å²) >= 11 is 7.10. The molecule has 2 aromatic carbocycles. The molecule has 0 aliphatic heterocycles. The van der Waals surface area contributed by atoms with E-state index in [1.807, 2.05) is 32.0 Å². The fraction of sp³-hybridized carbons (Fsp3) is 0.167. The number of aromatic nitrogens is 2. The predicted octanol–water partition coefficient (Wildman–Crippen LogP) is 4.93. The molecule has 0 spiro atoms. The highest BCUT2D eigenvalue weighted by Gasteiger charge is 2.20. The van der Waals surface area contributed by atoms with Crippen molar-refractivity contribution in [3.8, 4) is 0 Å². The van der Waals surface area contributed by atoms with Crippen molar-refractivity contribution >= 4 is 56.3 Å². The summed E-state index contributed by atoms with van der Waals surface area (Å²) in [7, 11) is 0. The van der Waals surface area contributed by atoms with E-state index in [4.69, 9.17) is 11.6 Å². The van der Waals surface area contributed by atoms with Gasteiger partial charge >= 0.3 is 0 Å². The van der Waals surface area contributed by atoms with Crippen molar-refractivity contribution < 1.29 is 9.59 Å². The summed E-state index contributed by atoms with van der Waals surface area (Å²) in [6.45, 7) is 5.42. The fourth-order valence-electron chi connectivity index (χ4n) is 3.54. The zero-order valence-electron chi connectivity index (χ0n) is 18.2. The van der Waals surface area contributed by atoms with E-state index in [0.29, 0.717) is 37.1 Å². The minimum absolute atomic E-state index is 0.215. The molecule has 0 saturated carbocycles. The van der Waals surface area contributed by atoms with Crippen LogP contribution >= 0.6 is 22.9 Å². The van der Waals surface area contributed by atoms with E-state index < -0.39 is 0 Å². The van der Waals surface area contributed by atoms with E-state index in [1.165, 1.54) is 10.9 Å². The SMILES string of the molecule is Cc1ccc(NC(=O)c2sc3ncn(CC(=O)Nc4cccc(Cl)c4)c(=O)c3c2C)c(C)c1. The van der Waals surface area contributed by atoms with Crippen LogP contribution in [0.5, 0.6) is 0 Å². The van der Waals surface area contributed by atoms with Crippen LogP contribution in [0.1, 0.15) is 26.4 Å². The van der Waals surface area contributed by atoms with E-state index in [2.05, 4.69) is 15.6 Å². The number of nitrogens with zero attached hydrogens (tertiary/aromatic N) is 2. The summed E-state index contributed by atoms with van der Waals surface area (Å²) in [6, 6.07) is 12.5. The standard InChI is InChI=1S/C24H21ClN4O3S/c1-13-7-8-18(14(2)9-13)28-22(31)21-15(3)20-23(33-21)26-12-29(24(20)32)11-19(30)27-17-6-4-5-16(25)10-17/h4-10,12H,11H2,1-3H3,(H,27,30)(H,28,31). The van der Waals surface area contributed by atoms with E-state index in [9.17, 15) is 14.4 Å². The zero-order valence-corrected chi connectivity index (χ0v) is 19.8. The summed E-state index contributed by atoms with van der Waals surface area (Å²) in [5, 5.41) is 6.45. The van der Waals surface area contributed by atoms with E-state index in [1.54, 1.807) is 31.2 Å². The van der Waals surface area contributed by atoms with Gasteiger partial charge in [-0.1, -0.05) is 35.4 Å². The Morgan fingerprint density at radius 3 is 2.61 bits per heavy atom. The summed E-state index contributed by atoms with van der Waals surface area (Å²) in [5.41, 5.74) is 3.47. The maximum Gasteiger partial charge on any atom is 0.266 e. The van der Waals surface area contributed by atoms with Gasteiger partial charge in [-0.3, -0.25) is 19.0 Å². The van der Waals surface area contributed by atoms with Crippen LogP contribution in [0.25, 0.3) is 10.2 Å². The van der Waals surface area contributed by atoms with Crippen molar-refractivity contribution in [1.29, 1.82) is 0 Å². The maximum atomic E-state index is 13.1. The number of aryl methyl sites for hydroxylation is 3. The second-order valence-electron chi connectivity index (χ2n) is 7.74. The van der Waals surface area contributed by atoms with Gasteiger partial charge in [0.1, 0.15) is 11.4 Å². The highest BCUT2D eigenvalue weighted by molar-refractivity contribution is 7.20. The molecule has 0 aliphatic rings. The molecule has 0 aliphatic carbocycles. The first-order valence-electron chi connectivity index (χ1n) is 10.2. The number of benzene rings is 2. The number of amides is 2. The predicted molar refractivity (Wildman–Crippen MR) is 133 cm³/mol. The average Bonchev–Trinajstić information content (AvgIpc) is 3.09. The summed E-state index contributed by atoms with van der Waals surface area (Å²) < 4.78 is 1.23. The molecule has 33 heavy (non-hydrogen) atoms. The Morgan fingerprint density at radius 1 is 1.09 bits per heavy atom. The van der Waals surface area contributed by atoms with Crippen LogP contribution < -0.4 is 16.2 Å². The number of nitrogens with one attached hydrogen (secondary N) is 2. The van der Waals surface area contributed by atoms with Crippen molar-refractivity contribution in [2.75, 3.05) is 10.6 Å². The first kappa shape index (κ1) is 22.7. The quantitative estimate of drug-likeness (QED) is 0.423. The third-order valence-electron chi connectivity index (χ3n) is 5.18. The van der Waals surface area contributed by atoms with Crippen LogP contribution in [-0.4, -0.2) is 21.4 Å². The molecule has 2 aromatic heterocycles. The van der Waals surface area contributed by atoms with Crippen molar-refractivity contribution in [2.24, 2.45) is 0 Å². The minimum atomic E-state index is -0.388. The van der Waals surface area contributed by atoms with E-state index >= 15 is 0 Å². The molecule has 0 fully saturated rings. The number of anilines is 2. The molecule has 0 unspecified atom stereocenters. The number of carbonyl (C=O) groups is 2. The molecule has 7 nitrogen and oxygen atoms in total. The number of rotatable bonds is 5. The molecule has 4 aromatic rings. The van der Waals surface area contributed by atoms with Crippen LogP contribution in [0.2, 0.25) is 5.02 Å². The Balaban J connectivity index is 1.59. The van der Waals surface area contributed by atoms with E-state index in [-0.39, 0.29) is 23.9 Å². The van der Waals surface area contributed by atoms with Crippen LogP contribution in [0.15, 0.2) is 53.6 Å². The minimum Gasteiger partial charge on any atom is -0.324 e. The van der Waals surface area contributed by atoms with Crippen molar-refractivity contribution in [3.05, 3.63) is 85.7 Å². The second kappa shape index (κ2) is 9.17. The first-order valence-corrected chi connectivity index (χ1v) is 11.3. The van der Waals surface area contributed by atoms with Gasteiger partial charge < -0.3 is 10.6 Å². The molecular weight excluding hydrogens is 460 g/mol. The number of thiophene rings is 1. The largest absolute Gasteiger partial charge is 0.324 e. The lowest BCUT2D eigenvalue weighted by molar-refractivity contribution is -0.116. The van der Waals surface area contributed by atoms with Crippen molar-refractivity contribution in [2.45, 2.75) is 27.3 Å². The molecule has 2 N–H and O–H groups in total. The van der Waals surface area contributed by atoms with Gasteiger partial charge in [0.05, 0.1) is 16.6 Å². The number of halogens is 1. The summed E-state index contributed by atoms with van der Waals surface area (Å²) in [4.78, 5) is 43.6. The van der Waals surface area contributed by atoms with Gasteiger partial charge in [0.2, 0.25) is 5.91 Å². The van der Waals surface area contributed by atoms with Crippen LogP contribution in [0.4, 0.5) is 11.4 Å². The average molecular weight is 481 g/mol. The molecule has 0 radical (unpaired) electrons. The Bertz CT molecular complexity index is 1460. The Hall–Kier alpha value is -3.49. The van der Waals surface area contributed by atoms with Gasteiger partial charge in [0.25, 0.3) is 11.5 Å². The highest BCUT2D eigenvalue weighted by atomic mass is 35.5. The molecule has 2 heterocycles. The Labute approximate surface area is 199 Å². The molecule has 0 saturated heterocycles. The lowest BCUT2D eigenvalue weighted by atomic mass is 10.1. The summed E-state index contributed by atoms with van der Waals surface area (Å²) in [6.07, 6.45) is 1.32. The molecule has 9 heteroatoms. The monoisotopic (exact) mass is 480 g/mol. The number of hydrogen-bond acceptors (Lipinski definition) is 5. The first-order chi connectivity index (χ1) is 15.7. The molecule has 0 atom stereocenters. The lowest BCUT2D eigenvalue weighted by Gasteiger charge is -2.09. The van der Waals surface area contributed by atoms with Gasteiger partial charge in [-0.05, 0) is 56.2 Å². The molecule has 4 rings (SSSR count). The lowest BCUT2D eigenvalue weighted by Crippen LogP contribution is -2.28. The molecule has 0 bridgehead atoms. The van der Waals surface area contributed by atoms with Gasteiger partial charge in [0, 0.05) is 16.4 Å². The van der Waals surface area contributed by atoms with Gasteiger partial charge in [-0.2, -0.15) is 0 Å². The third-order valence-corrected chi connectivity index (χ3v) is 6.61. The van der Waals surface area contributed by atoms with Crippen LogP contribution in [0.3, 0.4) is 0 Å². The van der Waals surface area contributed by atoms with Crippen LogP contribution in [-0.2, 0) is 11.3 Å². The number of fused-ring (bicyclic) bond motifs is 1. The molecular formula is C24H21ClN4O3S. The second-order valence-corrected chi connectivity index (χ2v) is 9.18. The normalized spacial score (nSPS) is 10.9. The van der Waals surface area contributed by atoms with Gasteiger partial charge in [0.15, 0.2) is 0 Å². The number of hydrogen-bond donors (Lipinski definition) is 2. The smallest absolute Gasteiger partial charge is 0.266 e. The third kappa shape index (κ3) is 4.81. The summed E-state index contributed by atoms with van der Waals surface area (Å²) in [5.74, 6) is -0.687. The Morgan fingerprint density at radius 2 is 1.88 bits per heavy atom. The van der Waals surface area contributed by atoms with Crippen molar-refractivity contribution in [3.63, 3.8) is 0 Å². The number of carbonyl (C=O) groups excluding carboxylic acids is 2. The molecule has 2 amide bonds. The maximum absolute atomic E-state index is 13.1.